The molecule has 0 atom stereocenters. The summed E-state index contributed by atoms with van der Waals surface area (Å²) in [6.07, 6.45) is 3.04. The number of ether oxygens (including phenoxy) is 4. The highest BCUT2D eigenvalue weighted by Gasteiger charge is 2.12. The first kappa shape index (κ1) is 26.8. The van der Waals surface area contributed by atoms with Crippen LogP contribution < -0.4 is 18.9 Å². The Hall–Kier alpha value is -4.84. The van der Waals surface area contributed by atoms with Gasteiger partial charge in [-0.2, -0.15) is 0 Å². The lowest BCUT2D eigenvalue weighted by Gasteiger charge is -2.15. The van der Waals surface area contributed by atoms with E-state index in [1.807, 2.05) is 24.3 Å². The van der Waals surface area contributed by atoms with Crippen molar-refractivity contribution in [3.63, 3.8) is 0 Å². The van der Waals surface area contributed by atoms with Gasteiger partial charge in [-0.25, -0.2) is 8.78 Å². The Balaban J connectivity index is 1.38. The molecule has 0 aliphatic carbocycles. The third-order valence-corrected chi connectivity index (χ3v) is 5.96. The average molecular weight is 539 g/mol. The fourth-order valence-corrected chi connectivity index (χ4v) is 4.04. The molecule has 0 fully saturated rings. The van der Waals surface area contributed by atoms with Gasteiger partial charge in [0.15, 0.2) is 11.5 Å². The lowest BCUT2D eigenvalue weighted by Crippen LogP contribution is -1.94. The smallest absolute Gasteiger partial charge is 0.170 e. The van der Waals surface area contributed by atoms with Gasteiger partial charge in [0.1, 0.15) is 46.1 Å². The van der Waals surface area contributed by atoms with Crippen LogP contribution in [0.5, 0.6) is 46.0 Å². The van der Waals surface area contributed by atoms with Crippen LogP contribution >= 0.6 is 0 Å². The van der Waals surface area contributed by atoms with Crippen LogP contribution in [0.1, 0.15) is 25.3 Å². The average Bonchev–Trinajstić information content (AvgIpc) is 2.94. The number of unbranched alkanes of at least 4 members (excludes halogenated alkanes) is 1. The minimum absolute atomic E-state index is 0.374. The number of rotatable bonds is 11. The van der Waals surface area contributed by atoms with Crippen molar-refractivity contribution in [1.82, 2.24) is 0 Å². The molecule has 0 bridgehead atoms. The maximum absolute atomic E-state index is 13.6. The third kappa shape index (κ3) is 7.38. The Bertz CT molecular complexity index is 1580. The zero-order valence-corrected chi connectivity index (χ0v) is 22.0. The third-order valence-electron chi connectivity index (χ3n) is 5.96. The molecule has 6 heteroatoms. The van der Waals surface area contributed by atoms with Crippen LogP contribution in [0.15, 0.2) is 115 Å². The Morgan fingerprint density at radius 1 is 0.475 bits per heavy atom. The van der Waals surface area contributed by atoms with Crippen LogP contribution in [-0.4, -0.2) is 0 Å². The highest BCUT2D eigenvalue weighted by atomic mass is 19.1. The molecule has 0 radical (unpaired) electrons. The van der Waals surface area contributed by atoms with E-state index in [1.54, 1.807) is 66.7 Å². The Morgan fingerprint density at radius 3 is 1.43 bits per heavy atom. The predicted octanol–water partition coefficient (Wildman–Crippen LogP) is 10.5. The van der Waals surface area contributed by atoms with Crippen molar-refractivity contribution in [2.45, 2.75) is 26.2 Å². The van der Waals surface area contributed by atoms with E-state index in [2.05, 4.69) is 6.92 Å². The van der Waals surface area contributed by atoms with E-state index in [1.165, 1.54) is 24.3 Å². The van der Waals surface area contributed by atoms with Crippen molar-refractivity contribution in [3.8, 4) is 46.0 Å². The molecule has 5 aromatic carbocycles. The number of hydrogen-bond donors (Lipinski definition) is 0. The molecule has 0 aliphatic heterocycles. The predicted molar refractivity (Wildman–Crippen MR) is 151 cm³/mol. The van der Waals surface area contributed by atoms with Crippen LogP contribution in [0.25, 0.3) is 0 Å². The lowest BCUT2D eigenvalue weighted by atomic mass is 10.1. The Kier molecular flexibility index (Phi) is 8.57. The summed E-state index contributed by atoms with van der Waals surface area (Å²) in [6.45, 7) is 2.15. The molecular formula is C34H28F2O4. The molecule has 40 heavy (non-hydrogen) atoms. The van der Waals surface area contributed by atoms with E-state index in [4.69, 9.17) is 18.9 Å². The molecule has 0 aliphatic rings. The summed E-state index contributed by atoms with van der Waals surface area (Å²) < 4.78 is 51.3. The summed E-state index contributed by atoms with van der Waals surface area (Å²) in [5, 5.41) is 0. The maximum atomic E-state index is 13.6. The van der Waals surface area contributed by atoms with Crippen molar-refractivity contribution in [2.24, 2.45) is 0 Å². The van der Waals surface area contributed by atoms with E-state index in [0.717, 1.165) is 24.8 Å². The molecule has 4 nitrogen and oxygen atoms in total. The summed E-state index contributed by atoms with van der Waals surface area (Å²) in [4.78, 5) is 0. The highest BCUT2D eigenvalue weighted by Crippen LogP contribution is 2.38. The van der Waals surface area contributed by atoms with E-state index in [0.29, 0.717) is 46.0 Å². The van der Waals surface area contributed by atoms with Crippen molar-refractivity contribution in [2.75, 3.05) is 0 Å². The van der Waals surface area contributed by atoms with Crippen LogP contribution in [-0.2, 0) is 6.42 Å². The minimum Gasteiger partial charge on any atom is -0.457 e. The fraction of sp³-hybridized carbons (Fsp3) is 0.118. The van der Waals surface area contributed by atoms with Crippen LogP contribution in [0, 0.1) is 11.6 Å². The molecule has 0 saturated carbocycles. The van der Waals surface area contributed by atoms with E-state index in [9.17, 15) is 8.78 Å². The summed E-state index contributed by atoms with van der Waals surface area (Å²) in [7, 11) is 0. The summed E-state index contributed by atoms with van der Waals surface area (Å²) in [6, 6.07) is 32.0. The first-order chi connectivity index (χ1) is 19.5. The van der Waals surface area contributed by atoms with Crippen molar-refractivity contribution in [1.29, 1.82) is 0 Å². The summed E-state index contributed by atoms with van der Waals surface area (Å²) in [5.74, 6) is 3.17. The van der Waals surface area contributed by atoms with E-state index in [-0.39, 0.29) is 11.6 Å². The van der Waals surface area contributed by atoms with Crippen LogP contribution in [0.4, 0.5) is 8.78 Å². The molecule has 0 saturated heterocycles. The SMILES string of the molecule is CCCCc1ccc(Oc2cccc(Oc3cccc(F)c3)c2)c(Oc2cccc(Oc3cccc(F)c3)c2)c1. The van der Waals surface area contributed by atoms with Gasteiger partial charge in [-0.3, -0.25) is 0 Å². The number of halogens is 2. The number of aryl methyl sites for hydroxylation is 1. The van der Waals surface area contributed by atoms with Crippen molar-refractivity contribution >= 4 is 0 Å². The molecule has 0 N–H and O–H groups in total. The normalized spacial score (nSPS) is 10.7. The van der Waals surface area contributed by atoms with Crippen LogP contribution in [0.3, 0.4) is 0 Å². The van der Waals surface area contributed by atoms with Gasteiger partial charge < -0.3 is 18.9 Å². The first-order valence-corrected chi connectivity index (χ1v) is 13.1. The molecule has 202 valence electrons. The second-order valence-electron chi connectivity index (χ2n) is 9.16. The van der Waals surface area contributed by atoms with Gasteiger partial charge in [0, 0.05) is 24.3 Å². The molecule has 0 heterocycles. The second kappa shape index (κ2) is 12.8. The molecule has 0 amide bonds. The first-order valence-electron chi connectivity index (χ1n) is 13.1. The monoisotopic (exact) mass is 538 g/mol. The zero-order valence-electron chi connectivity index (χ0n) is 22.0. The zero-order chi connectivity index (χ0) is 27.7. The van der Waals surface area contributed by atoms with Gasteiger partial charge in [0.05, 0.1) is 0 Å². The maximum Gasteiger partial charge on any atom is 0.170 e. The second-order valence-corrected chi connectivity index (χ2v) is 9.16. The van der Waals surface area contributed by atoms with Gasteiger partial charge >= 0.3 is 0 Å². The fourth-order valence-electron chi connectivity index (χ4n) is 4.04. The molecule has 0 aromatic heterocycles. The summed E-state index contributed by atoms with van der Waals surface area (Å²) >= 11 is 0. The number of benzene rings is 5. The standard InChI is InChI=1S/C34H28F2O4/c1-2-3-8-24-17-18-33(39-31-15-6-13-29(22-31)37-27-11-4-9-25(35)20-27)34(19-24)40-32-16-7-14-30(23-32)38-28-12-5-10-26(36)21-28/h4-7,9-23H,2-3,8H2,1H3. The molecule has 0 unspecified atom stereocenters. The minimum atomic E-state index is -0.375. The van der Waals surface area contributed by atoms with Gasteiger partial charge in [0.2, 0.25) is 0 Å². The van der Waals surface area contributed by atoms with Gasteiger partial charge in [-0.1, -0.05) is 43.7 Å². The van der Waals surface area contributed by atoms with E-state index < -0.39 is 0 Å². The topological polar surface area (TPSA) is 36.9 Å². The van der Waals surface area contributed by atoms with Gasteiger partial charge in [-0.15, -0.1) is 0 Å². The van der Waals surface area contributed by atoms with Crippen LogP contribution in [0.2, 0.25) is 0 Å². The molecule has 5 rings (SSSR count). The van der Waals surface area contributed by atoms with E-state index >= 15 is 0 Å². The molecule has 5 aromatic rings. The number of hydrogen-bond acceptors (Lipinski definition) is 4. The van der Waals surface area contributed by atoms with Crippen molar-refractivity contribution < 1.29 is 27.7 Å². The largest absolute Gasteiger partial charge is 0.457 e. The summed E-state index contributed by atoms with van der Waals surface area (Å²) in [5.41, 5.74) is 1.12. The lowest BCUT2D eigenvalue weighted by molar-refractivity contribution is 0.411. The highest BCUT2D eigenvalue weighted by molar-refractivity contribution is 5.49. The Morgan fingerprint density at radius 2 is 0.925 bits per heavy atom. The quantitative estimate of drug-likeness (QED) is 0.168. The van der Waals surface area contributed by atoms with Crippen molar-refractivity contribution in [3.05, 3.63) is 132 Å². The Labute approximate surface area is 232 Å². The van der Waals surface area contributed by atoms with Gasteiger partial charge in [-0.05, 0) is 79.1 Å². The molecular weight excluding hydrogens is 510 g/mol. The molecule has 0 spiro atoms. The van der Waals surface area contributed by atoms with Gasteiger partial charge in [0.25, 0.3) is 0 Å².